The highest BCUT2D eigenvalue weighted by Crippen LogP contribution is 2.66. The Kier molecular flexibility index (Phi) is 5.64. The Labute approximate surface area is 157 Å². The minimum Gasteiger partial charge on any atom is -0.464 e. The van der Waals surface area contributed by atoms with Crippen LogP contribution in [0.4, 0.5) is 0 Å². The number of aliphatic hydroxyl groups excluding tert-OH is 1. The van der Waals surface area contributed by atoms with Crippen LogP contribution in [0.25, 0.3) is 0 Å². The van der Waals surface area contributed by atoms with Gasteiger partial charge in [0.05, 0.1) is 12.7 Å². The lowest BCUT2D eigenvalue weighted by atomic mass is 9.70. The van der Waals surface area contributed by atoms with Crippen LogP contribution in [0.15, 0.2) is 11.0 Å². The van der Waals surface area contributed by atoms with E-state index in [9.17, 15) is 14.1 Å². The van der Waals surface area contributed by atoms with Gasteiger partial charge in [0.15, 0.2) is 12.4 Å². The Balaban J connectivity index is 1.78. The molecule has 2 saturated carbocycles. The van der Waals surface area contributed by atoms with E-state index in [0.29, 0.717) is 16.6 Å². The van der Waals surface area contributed by atoms with Crippen molar-refractivity contribution in [1.82, 2.24) is 0 Å². The summed E-state index contributed by atoms with van der Waals surface area (Å²) in [5, 5.41) is 10.7. The maximum Gasteiger partial charge on any atom is 0.335 e. The van der Waals surface area contributed by atoms with E-state index in [-0.39, 0.29) is 23.9 Å². The number of hydrogen-bond acceptors (Lipinski definition) is 6. The van der Waals surface area contributed by atoms with Gasteiger partial charge in [0.25, 0.3) is 0 Å². The fourth-order valence-corrected chi connectivity index (χ4v) is 6.99. The van der Waals surface area contributed by atoms with Crippen molar-refractivity contribution >= 4 is 16.8 Å². The predicted molar refractivity (Wildman–Crippen MR) is 97.6 cm³/mol. The van der Waals surface area contributed by atoms with Gasteiger partial charge in [-0.15, -0.1) is 0 Å². The molecule has 2 aliphatic carbocycles. The van der Waals surface area contributed by atoms with E-state index in [2.05, 4.69) is 13.8 Å². The maximum atomic E-state index is 13.2. The molecular weight excluding hydrogens is 356 g/mol. The molecule has 26 heavy (non-hydrogen) atoms. The number of carbonyl (C=O) groups is 1. The van der Waals surface area contributed by atoms with E-state index in [1.165, 1.54) is 7.11 Å². The summed E-state index contributed by atoms with van der Waals surface area (Å²) < 4.78 is 29.1. The first-order valence-electron chi connectivity index (χ1n) is 9.37. The highest BCUT2D eigenvalue weighted by atomic mass is 32.2. The Morgan fingerprint density at radius 1 is 1.46 bits per heavy atom. The average molecular weight is 387 g/mol. The van der Waals surface area contributed by atoms with E-state index in [1.54, 1.807) is 13.0 Å². The van der Waals surface area contributed by atoms with Gasteiger partial charge in [0.1, 0.15) is 0 Å². The van der Waals surface area contributed by atoms with Crippen molar-refractivity contribution < 1.29 is 28.3 Å². The van der Waals surface area contributed by atoms with Crippen LogP contribution in [0.5, 0.6) is 0 Å². The molecule has 0 aromatic rings. The van der Waals surface area contributed by atoms with Gasteiger partial charge in [0.2, 0.25) is 0 Å². The van der Waals surface area contributed by atoms with Crippen molar-refractivity contribution in [3.05, 3.63) is 11.0 Å². The quantitative estimate of drug-likeness (QED) is 0.704. The first kappa shape index (κ1) is 20.0. The van der Waals surface area contributed by atoms with Gasteiger partial charge in [-0.2, -0.15) is 0 Å². The number of fused-ring (bicyclic) bond motifs is 2. The number of esters is 1. The molecule has 2 bridgehead atoms. The first-order chi connectivity index (χ1) is 12.2. The number of aliphatic hydroxyl groups is 1. The van der Waals surface area contributed by atoms with Gasteiger partial charge in [-0.1, -0.05) is 13.8 Å². The molecule has 0 aromatic carbocycles. The SMILES string of the molecule is CCOC(=O)[C@H]1CC(S(=O)C[C@@]23CC[C@@H](C[C@H]2O)C3(C)C)=C[C@@H](OC)O1. The van der Waals surface area contributed by atoms with Crippen LogP contribution < -0.4 is 0 Å². The van der Waals surface area contributed by atoms with E-state index in [0.717, 1.165) is 19.3 Å². The fraction of sp³-hybridized carbons (Fsp3) is 0.842. The number of ether oxygens (including phenoxy) is 3. The summed E-state index contributed by atoms with van der Waals surface area (Å²) in [6.45, 7) is 6.39. The molecule has 3 aliphatic rings. The van der Waals surface area contributed by atoms with Crippen LogP contribution in [-0.2, 0) is 29.8 Å². The number of rotatable bonds is 6. The zero-order valence-electron chi connectivity index (χ0n) is 16.0. The summed E-state index contributed by atoms with van der Waals surface area (Å²) in [6, 6.07) is 0. The van der Waals surface area contributed by atoms with Gasteiger partial charge < -0.3 is 19.3 Å². The largest absolute Gasteiger partial charge is 0.464 e. The lowest BCUT2D eigenvalue weighted by Gasteiger charge is -2.40. The molecule has 1 aliphatic heterocycles. The van der Waals surface area contributed by atoms with E-state index in [4.69, 9.17) is 14.2 Å². The molecule has 2 fully saturated rings. The van der Waals surface area contributed by atoms with Crippen molar-refractivity contribution in [2.75, 3.05) is 19.5 Å². The second-order valence-corrected chi connectivity index (χ2v) is 9.68. The summed E-state index contributed by atoms with van der Waals surface area (Å²) in [5.74, 6) is 0.435. The standard InChI is InChI=1S/C19H30O6S/c1-5-24-17(21)14-9-13(10-16(23-4)25-14)26(22)11-19-7-6-12(8-15(19)20)18(19,2)3/h10,12,14-16,20H,5-9,11H2,1-4H3/t12-,14+,15+,16-,19-,26?/m0/s1. The van der Waals surface area contributed by atoms with E-state index >= 15 is 0 Å². The van der Waals surface area contributed by atoms with E-state index in [1.807, 2.05) is 0 Å². The third-order valence-corrected chi connectivity index (χ3v) is 8.52. The van der Waals surface area contributed by atoms with Gasteiger partial charge in [-0.25, -0.2) is 4.79 Å². The van der Waals surface area contributed by atoms with E-state index < -0.39 is 35.3 Å². The van der Waals surface area contributed by atoms with Crippen LogP contribution in [-0.4, -0.2) is 53.3 Å². The van der Waals surface area contributed by atoms with Crippen molar-refractivity contribution in [2.45, 2.75) is 65.0 Å². The second kappa shape index (κ2) is 7.34. The van der Waals surface area contributed by atoms with Crippen molar-refractivity contribution in [3.8, 4) is 0 Å². The molecule has 1 heterocycles. The summed E-state index contributed by atoms with van der Waals surface area (Å²) >= 11 is 0. The minimum atomic E-state index is -1.31. The third kappa shape index (κ3) is 3.17. The van der Waals surface area contributed by atoms with Crippen LogP contribution >= 0.6 is 0 Å². The van der Waals surface area contributed by atoms with Crippen molar-refractivity contribution in [2.24, 2.45) is 16.7 Å². The molecule has 1 N–H and O–H groups in total. The molecule has 148 valence electrons. The second-order valence-electron chi connectivity index (χ2n) is 8.17. The Morgan fingerprint density at radius 3 is 2.73 bits per heavy atom. The highest BCUT2D eigenvalue weighted by Gasteiger charge is 2.64. The summed E-state index contributed by atoms with van der Waals surface area (Å²) in [4.78, 5) is 12.7. The minimum absolute atomic E-state index is 0.0327. The molecule has 0 spiro atoms. The Morgan fingerprint density at radius 2 is 2.19 bits per heavy atom. The summed E-state index contributed by atoms with van der Waals surface area (Å²) in [5.41, 5.74) is -0.362. The van der Waals surface area contributed by atoms with Crippen LogP contribution in [0.1, 0.15) is 46.5 Å². The molecule has 0 amide bonds. The van der Waals surface area contributed by atoms with Crippen molar-refractivity contribution in [1.29, 1.82) is 0 Å². The fourth-order valence-electron chi connectivity index (χ4n) is 5.02. The molecule has 0 radical (unpaired) electrons. The molecule has 0 aromatic heterocycles. The lowest BCUT2D eigenvalue weighted by molar-refractivity contribution is -0.178. The molecule has 0 saturated heterocycles. The summed E-state index contributed by atoms with van der Waals surface area (Å²) in [7, 11) is 0.179. The normalized spacial score (nSPS) is 39.5. The van der Waals surface area contributed by atoms with Gasteiger partial charge >= 0.3 is 5.97 Å². The zero-order valence-corrected chi connectivity index (χ0v) is 16.8. The van der Waals surface area contributed by atoms with Crippen molar-refractivity contribution in [3.63, 3.8) is 0 Å². The third-order valence-electron chi connectivity index (χ3n) is 6.86. The van der Waals surface area contributed by atoms with Gasteiger partial charge in [-0.05, 0) is 43.6 Å². The maximum absolute atomic E-state index is 13.2. The van der Waals surface area contributed by atoms with Crippen LogP contribution in [0.2, 0.25) is 0 Å². The summed E-state index contributed by atoms with van der Waals surface area (Å²) in [6.07, 6.45) is 2.76. The molecule has 1 unspecified atom stereocenters. The molecule has 6 nitrogen and oxygen atoms in total. The number of hydrogen-bond donors (Lipinski definition) is 1. The van der Waals surface area contributed by atoms with Crippen LogP contribution in [0.3, 0.4) is 0 Å². The molecular formula is C19H30O6S. The highest BCUT2D eigenvalue weighted by molar-refractivity contribution is 7.89. The number of methoxy groups -OCH3 is 1. The lowest BCUT2D eigenvalue weighted by Crippen LogP contribution is -2.44. The average Bonchev–Trinajstić information content (AvgIpc) is 2.96. The molecule has 6 atom stereocenters. The molecule has 3 rings (SSSR count). The van der Waals surface area contributed by atoms with Gasteiger partial charge in [-0.3, -0.25) is 4.21 Å². The Bertz CT molecular complexity index is 615. The smallest absolute Gasteiger partial charge is 0.335 e. The Hall–Kier alpha value is -0.760. The van der Waals surface area contributed by atoms with Crippen LogP contribution in [0, 0.1) is 16.7 Å². The predicted octanol–water partition coefficient (Wildman–Crippen LogP) is 2.13. The number of carbonyl (C=O) groups excluding carboxylic acids is 1. The molecule has 7 heteroatoms. The first-order valence-corrected chi connectivity index (χ1v) is 10.7. The zero-order chi connectivity index (χ0) is 19.1. The van der Waals surface area contributed by atoms with Gasteiger partial charge in [0, 0.05) is 40.4 Å². The monoisotopic (exact) mass is 386 g/mol. The topological polar surface area (TPSA) is 82.1 Å².